The number of carbonyl (C=O) groups excluding carboxylic acids is 1. The fraction of sp³-hybridized carbons (Fsp3) is 0.875. The molecule has 0 radical (unpaired) electrons. The number of aliphatic imine (C=N–C) groups is 1. The lowest BCUT2D eigenvalue weighted by atomic mass is 10.2. The molecule has 2 aliphatic rings. The first-order valence-electron chi connectivity index (χ1n) is 8.73. The molecule has 1 atom stereocenters. The van der Waals surface area contributed by atoms with Crippen molar-refractivity contribution in [3.8, 4) is 0 Å². The summed E-state index contributed by atoms with van der Waals surface area (Å²) in [5, 5.41) is 3.35. The number of likely N-dealkylation sites (tertiary alicyclic amines) is 1. The molecule has 7 heteroatoms. The van der Waals surface area contributed by atoms with Gasteiger partial charge in [0.2, 0.25) is 5.91 Å². The quantitative estimate of drug-likeness (QED) is 0.408. The Morgan fingerprint density at radius 2 is 1.65 bits per heavy atom. The van der Waals surface area contributed by atoms with Crippen LogP contribution >= 0.6 is 24.0 Å². The first-order chi connectivity index (χ1) is 10.7. The van der Waals surface area contributed by atoms with Crippen molar-refractivity contribution in [3.63, 3.8) is 0 Å². The van der Waals surface area contributed by atoms with Crippen LogP contribution in [0.1, 0.15) is 33.6 Å². The third kappa shape index (κ3) is 5.48. The number of nitrogens with one attached hydrogen (secondary N) is 1. The van der Waals surface area contributed by atoms with E-state index in [1.54, 1.807) is 0 Å². The van der Waals surface area contributed by atoms with E-state index in [0.29, 0.717) is 5.91 Å². The zero-order chi connectivity index (χ0) is 15.9. The summed E-state index contributed by atoms with van der Waals surface area (Å²) in [6.45, 7) is 13.5. The maximum Gasteiger partial charge on any atom is 0.239 e. The number of rotatable bonds is 4. The molecule has 1 amide bonds. The molecule has 2 rings (SSSR count). The van der Waals surface area contributed by atoms with Gasteiger partial charge in [-0.15, -0.1) is 24.0 Å². The fourth-order valence-electron chi connectivity index (χ4n) is 3.25. The molecule has 0 aromatic carbocycles. The second-order valence-electron chi connectivity index (χ2n) is 6.06. The summed E-state index contributed by atoms with van der Waals surface area (Å²) in [5.41, 5.74) is 0. The molecule has 2 aliphatic heterocycles. The molecule has 2 saturated heterocycles. The predicted octanol–water partition coefficient (Wildman–Crippen LogP) is 1.22. The standard InChI is InChI=1S/C16H31N5O.HI/c1-4-17-16(18-5-2)21-12-10-19(11-13-21)14(3)15(22)20-8-6-7-9-20;/h14H,4-13H2,1-3H3,(H,17,18);1H. The van der Waals surface area contributed by atoms with Crippen LogP contribution in [0, 0.1) is 0 Å². The van der Waals surface area contributed by atoms with Gasteiger partial charge in [0.05, 0.1) is 6.04 Å². The van der Waals surface area contributed by atoms with Crippen molar-refractivity contribution < 1.29 is 4.79 Å². The zero-order valence-electron chi connectivity index (χ0n) is 14.8. The van der Waals surface area contributed by atoms with E-state index in [0.717, 1.165) is 71.2 Å². The molecule has 1 unspecified atom stereocenters. The van der Waals surface area contributed by atoms with Crippen LogP contribution in [-0.2, 0) is 4.79 Å². The minimum atomic E-state index is 0. The lowest BCUT2D eigenvalue weighted by molar-refractivity contribution is -0.135. The predicted molar refractivity (Wildman–Crippen MR) is 105 cm³/mol. The Bertz CT molecular complexity index is 390. The summed E-state index contributed by atoms with van der Waals surface area (Å²) in [4.78, 5) is 23.7. The van der Waals surface area contributed by atoms with Gasteiger partial charge < -0.3 is 15.1 Å². The van der Waals surface area contributed by atoms with E-state index in [4.69, 9.17) is 0 Å². The molecule has 1 N–H and O–H groups in total. The van der Waals surface area contributed by atoms with E-state index in [1.165, 1.54) is 0 Å². The van der Waals surface area contributed by atoms with Gasteiger partial charge in [0.25, 0.3) is 0 Å². The molecular formula is C16H32IN5O. The maximum absolute atomic E-state index is 12.5. The highest BCUT2D eigenvalue weighted by atomic mass is 127. The van der Waals surface area contributed by atoms with Crippen molar-refractivity contribution in [3.05, 3.63) is 0 Å². The Morgan fingerprint density at radius 3 is 2.17 bits per heavy atom. The summed E-state index contributed by atoms with van der Waals surface area (Å²) in [7, 11) is 0. The van der Waals surface area contributed by atoms with Crippen molar-refractivity contribution in [2.75, 3.05) is 52.4 Å². The molecule has 0 spiro atoms. The summed E-state index contributed by atoms with van der Waals surface area (Å²) in [6.07, 6.45) is 2.32. The van der Waals surface area contributed by atoms with Gasteiger partial charge in [0, 0.05) is 52.4 Å². The highest BCUT2D eigenvalue weighted by Gasteiger charge is 2.30. The number of hydrogen-bond acceptors (Lipinski definition) is 3. The van der Waals surface area contributed by atoms with Gasteiger partial charge in [-0.25, -0.2) is 0 Å². The fourth-order valence-corrected chi connectivity index (χ4v) is 3.25. The number of carbonyl (C=O) groups is 1. The second-order valence-corrected chi connectivity index (χ2v) is 6.06. The second kappa shape index (κ2) is 10.3. The first-order valence-corrected chi connectivity index (χ1v) is 8.73. The number of halogens is 1. The van der Waals surface area contributed by atoms with Gasteiger partial charge in [-0.1, -0.05) is 0 Å². The van der Waals surface area contributed by atoms with Gasteiger partial charge in [-0.05, 0) is 33.6 Å². The van der Waals surface area contributed by atoms with Crippen LogP contribution in [0.2, 0.25) is 0 Å². The lowest BCUT2D eigenvalue weighted by Gasteiger charge is -2.39. The highest BCUT2D eigenvalue weighted by Crippen LogP contribution is 2.14. The van der Waals surface area contributed by atoms with E-state index in [9.17, 15) is 4.79 Å². The Morgan fingerprint density at radius 1 is 1.04 bits per heavy atom. The molecule has 0 bridgehead atoms. The third-order valence-electron chi connectivity index (χ3n) is 4.58. The SMILES string of the molecule is CCN=C(NCC)N1CCN(C(C)C(=O)N2CCCC2)CC1.I. The van der Waals surface area contributed by atoms with E-state index in [-0.39, 0.29) is 30.0 Å². The van der Waals surface area contributed by atoms with Gasteiger partial charge >= 0.3 is 0 Å². The summed E-state index contributed by atoms with van der Waals surface area (Å²) >= 11 is 0. The summed E-state index contributed by atoms with van der Waals surface area (Å²) in [5.74, 6) is 1.31. The monoisotopic (exact) mass is 437 g/mol. The Kier molecular flexibility index (Phi) is 9.19. The average molecular weight is 437 g/mol. The van der Waals surface area contributed by atoms with Crippen molar-refractivity contribution in [2.24, 2.45) is 4.99 Å². The average Bonchev–Trinajstić information content (AvgIpc) is 3.08. The van der Waals surface area contributed by atoms with Crippen molar-refractivity contribution in [2.45, 2.75) is 39.7 Å². The van der Waals surface area contributed by atoms with Crippen LogP contribution in [0.4, 0.5) is 0 Å². The molecule has 6 nitrogen and oxygen atoms in total. The molecule has 2 heterocycles. The number of hydrogen-bond donors (Lipinski definition) is 1. The Hall–Kier alpha value is -0.570. The van der Waals surface area contributed by atoms with Crippen molar-refractivity contribution in [1.29, 1.82) is 0 Å². The number of guanidine groups is 1. The third-order valence-corrected chi connectivity index (χ3v) is 4.58. The van der Waals surface area contributed by atoms with Gasteiger partial charge in [0.15, 0.2) is 5.96 Å². The van der Waals surface area contributed by atoms with Crippen LogP contribution < -0.4 is 5.32 Å². The summed E-state index contributed by atoms with van der Waals surface area (Å²) in [6, 6.07) is 0.00551. The topological polar surface area (TPSA) is 51.2 Å². The van der Waals surface area contributed by atoms with Crippen molar-refractivity contribution >= 4 is 35.8 Å². The molecule has 0 aromatic heterocycles. The van der Waals surface area contributed by atoms with Crippen LogP contribution in [0.15, 0.2) is 4.99 Å². The Labute approximate surface area is 157 Å². The zero-order valence-corrected chi connectivity index (χ0v) is 17.1. The number of amides is 1. The smallest absolute Gasteiger partial charge is 0.239 e. The molecular weight excluding hydrogens is 405 g/mol. The number of nitrogens with zero attached hydrogens (tertiary/aromatic N) is 4. The van der Waals surface area contributed by atoms with Crippen LogP contribution in [0.3, 0.4) is 0 Å². The van der Waals surface area contributed by atoms with Crippen LogP contribution in [0.5, 0.6) is 0 Å². The van der Waals surface area contributed by atoms with E-state index in [1.807, 2.05) is 4.90 Å². The minimum Gasteiger partial charge on any atom is -0.357 e. The highest BCUT2D eigenvalue weighted by molar-refractivity contribution is 14.0. The minimum absolute atomic E-state index is 0. The first kappa shape index (κ1) is 20.5. The van der Waals surface area contributed by atoms with E-state index >= 15 is 0 Å². The van der Waals surface area contributed by atoms with Crippen molar-refractivity contribution in [1.82, 2.24) is 20.0 Å². The van der Waals surface area contributed by atoms with Crippen LogP contribution in [-0.4, -0.2) is 85.0 Å². The van der Waals surface area contributed by atoms with Crippen LogP contribution in [0.25, 0.3) is 0 Å². The van der Waals surface area contributed by atoms with Gasteiger partial charge in [-0.3, -0.25) is 14.7 Å². The summed E-state index contributed by atoms with van der Waals surface area (Å²) < 4.78 is 0. The molecule has 134 valence electrons. The number of piperazine rings is 1. The molecule has 0 aromatic rings. The largest absolute Gasteiger partial charge is 0.357 e. The van der Waals surface area contributed by atoms with E-state index < -0.39 is 0 Å². The van der Waals surface area contributed by atoms with Gasteiger partial charge in [-0.2, -0.15) is 0 Å². The van der Waals surface area contributed by atoms with Gasteiger partial charge in [0.1, 0.15) is 0 Å². The maximum atomic E-state index is 12.5. The molecule has 0 saturated carbocycles. The van der Waals surface area contributed by atoms with E-state index in [2.05, 4.69) is 40.9 Å². The lowest BCUT2D eigenvalue weighted by Crippen LogP contribution is -2.57. The molecule has 0 aliphatic carbocycles. The molecule has 23 heavy (non-hydrogen) atoms. The normalized spacial score (nSPS) is 21.1. The Balaban J connectivity index is 0.00000264. The molecule has 2 fully saturated rings.